The standard InChI is InChI=1S/C13H26N2O.ClH/c1-15(7-8-16-11-12-4-5-12)10-13-3-2-6-14-9-13;/h12-14H,2-11H2,1H3;1H. The van der Waals surface area contributed by atoms with E-state index in [1.807, 2.05) is 0 Å². The highest BCUT2D eigenvalue weighted by Gasteiger charge is 2.21. The predicted molar refractivity (Wildman–Crippen MR) is 73.9 cm³/mol. The molecule has 0 spiro atoms. The number of hydrogen-bond donors (Lipinski definition) is 1. The van der Waals surface area contributed by atoms with Crippen molar-refractivity contribution in [3.63, 3.8) is 0 Å². The summed E-state index contributed by atoms with van der Waals surface area (Å²) in [6.07, 6.45) is 5.52. The summed E-state index contributed by atoms with van der Waals surface area (Å²) in [5.74, 6) is 1.75. The van der Waals surface area contributed by atoms with Crippen molar-refractivity contribution in [1.29, 1.82) is 0 Å². The van der Waals surface area contributed by atoms with Crippen LogP contribution < -0.4 is 5.32 Å². The van der Waals surface area contributed by atoms with Gasteiger partial charge in [0.15, 0.2) is 0 Å². The van der Waals surface area contributed by atoms with Gasteiger partial charge in [-0.2, -0.15) is 0 Å². The number of piperidine rings is 1. The molecule has 0 bridgehead atoms. The van der Waals surface area contributed by atoms with E-state index >= 15 is 0 Å². The van der Waals surface area contributed by atoms with Crippen LogP contribution in [0.4, 0.5) is 0 Å². The maximum absolute atomic E-state index is 5.66. The first-order valence-electron chi connectivity index (χ1n) is 6.81. The molecular weight excluding hydrogens is 236 g/mol. The van der Waals surface area contributed by atoms with Crippen molar-refractivity contribution in [3.05, 3.63) is 0 Å². The third kappa shape index (κ3) is 6.61. The van der Waals surface area contributed by atoms with Crippen LogP contribution in [0.3, 0.4) is 0 Å². The number of halogens is 1. The zero-order valence-electron chi connectivity index (χ0n) is 11.0. The molecule has 0 amide bonds. The highest BCUT2D eigenvalue weighted by Crippen LogP contribution is 2.28. The lowest BCUT2D eigenvalue weighted by molar-refractivity contribution is 0.0975. The van der Waals surface area contributed by atoms with E-state index < -0.39 is 0 Å². The van der Waals surface area contributed by atoms with Crippen LogP contribution in [0.1, 0.15) is 25.7 Å². The van der Waals surface area contributed by atoms with Gasteiger partial charge in [-0.25, -0.2) is 0 Å². The van der Waals surface area contributed by atoms with Crippen molar-refractivity contribution in [1.82, 2.24) is 10.2 Å². The quantitative estimate of drug-likeness (QED) is 0.708. The number of nitrogens with zero attached hydrogens (tertiary/aromatic N) is 1. The largest absolute Gasteiger partial charge is 0.380 e. The third-order valence-corrected chi connectivity index (χ3v) is 3.64. The second-order valence-electron chi connectivity index (χ2n) is 5.49. The molecule has 1 atom stereocenters. The van der Waals surface area contributed by atoms with Crippen LogP contribution in [-0.2, 0) is 4.74 Å². The number of rotatable bonds is 7. The lowest BCUT2D eigenvalue weighted by Crippen LogP contribution is -2.37. The van der Waals surface area contributed by atoms with E-state index in [9.17, 15) is 0 Å². The number of nitrogens with one attached hydrogen (secondary N) is 1. The molecule has 4 heteroatoms. The van der Waals surface area contributed by atoms with Crippen molar-refractivity contribution in [3.8, 4) is 0 Å². The van der Waals surface area contributed by atoms with Gasteiger partial charge in [0.2, 0.25) is 0 Å². The molecule has 2 rings (SSSR count). The summed E-state index contributed by atoms with van der Waals surface area (Å²) in [4.78, 5) is 2.42. The van der Waals surface area contributed by atoms with Gasteiger partial charge in [-0.3, -0.25) is 0 Å². The Labute approximate surface area is 112 Å². The van der Waals surface area contributed by atoms with Crippen molar-refractivity contribution >= 4 is 12.4 Å². The summed E-state index contributed by atoms with van der Waals surface area (Å²) in [7, 11) is 2.22. The van der Waals surface area contributed by atoms with Crippen LogP contribution >= 0.6 is 12.4 Å². The third-order valence-electron chi connectivity index (χ3n) is 3.64. The fraction of sp³-hybridized carbons (Fsp3) is 1.00. The van der Waals surface area contributed by atoms with Gasteiger partial charge in [-0.15, -0.1) is 12.4 Å². The molecule has 2 fully saturated rings. The van der Waals surface area contributed by atoms with E-state index in [4.69, 9.17) is 4.74 Å². The molecule has 1 aliphatic heterocycles. The topological polar surface area (TPSA) is 24.5 Å². The number of ether oxygens (including phenoxy) is 1. The molecule has 1 saturated carbocycles. The maximum Gasteiger partial charge on any atom is 0.0593 e. The average molecular weight is 263 g/mol. The van der Waals surface area contributed by atoms with Crippen molar-refractivity contribution in [2.45, 2.75) is 25.7 Å². The van der Waals surface area contributed by atoms with Gasteiger partial charge < -0.3 is 15.0 Å². The van der Waals surface area contributed by atoms with E-state index in [0.29, 0.717) is 0 Å². The molecule has 2 aliphatic rings. The van der Waals surface area contributed by atoms with Crippen LogP contribution in [0, 0.1) is 11.8 Å². The fourth-order valence-corrected chi connectivity index (χ4v) is 2.37. The Morgan fingerprint density at radius 2 is 2.06 bits per heavy atom. The highest BCUT2D eigenvalue weighted by atomic mass is 35.5. The highest BCUT2D eigenvalue weighted by molar-refractivity contribution is 5.85. The maximum atomic E-state index is 5.66. The Balaban J connectivity index is 0.00000144. The van der Waals surface area contributed by atoms with Crippen LogP contribution in [0.15, 0.2) is 0 Å². The SMILES string of the molecule is CN(CCOCC1CC1)CC1CCCNC1.Cl. The van der Waals surface area contributed by atoms with Crippen molar-refractivity contribution in [2.75, 3.05) is 46.4 Å². The van der Waals surface area contributed by atoms with Gasteiger partial charge >= 0.3 is 0 Å². The van der Waals surface area contributed by atoms with Crippen molar-refractivity contribution in [2.24, 2.45) is 11.8 Å². The number of hydrogen-bond acceptors (Lipinski definition) is 3. The summed E-state index contributed by atoms with van der Waals surface area (Å²) in [6.45, 7) is 6.63. The molecule has 1 aliphatic carbocycles. The van der Waals surface area contributed by atoms with E-state index in [-0.39, 0.29) is 12.4 Å². The molecule has 1 N–H and O–H groups in total. The van der Waals surface area contributed by atoms with E-state index in [1.165, 1.54) is 45.3 Å². The Bertz CT molecular complexity index is 194. The molecule has 0 radical (unpaired) electrons. The molecular formula is C13H27ClN2O. The van der Waals surface area contributed by atoms with Gasteiger partial charge in [0, 0.05) is 19.7 Å². The Hall–Kier alpha value is 0.170. The van der Waals surface area contributed by atoms with Gasteiger partial charge in [0.05, 0.1) is 6.61 Å². The van der Waals surface area contributed by atoms with Gasteiger partial charge in [-0.1, -0.05) is 0 Å². The lowest BCUT2D eigenvalue weighted by Gasteiger charge is -2.27. The Morgan fingerprint density at radius 3 is 2.71 bits per heavy atom. The molecule has 0 aromatic heterocycles. The molecule has 3 nitrogen and oxygen atoms in total. The average Bonchev–Trinajstić information content (AvgIpc) is 3.10. The molecule has 0 aromatic rings. The summed E-state index contributed by atoms with van der Waals surface area (Å²) >= 11 is 0. The van der Waals surface area contributed by atoms with Crippen LogP contribution in [0.25, 0.3) is 0 Å². The smallest absolute Gasteiger partial charge is 0.0593 e. The van der Waals surface area contributed by atoms with E-state index in [0.717, 1.165) is 31.6 Å². The van der Waals surface area contributed by atoms with Gasteiger partial charge in [-0.05, 0) is 57.7 Å². The predicted octanol–water partition coefficient (Wildman–Crippen LogP) is 1.77. The zero-order chi connectivity index (χ0) is 11.2. The number of likely N-dealkylation sites (N-methyl/N-ethyl adjacent to an activating group) is 1. The van der Waals surface area contributed by atoms with Gasteiger partial charge in [0.25, 0.3) is 0 Å². The zero-order valence-corrected chi connectivity index (χ0v) is 11.8. The summed E-state index contributed by atoms with van der Waals surface area (Å²) < 4.78 is 5.66. The minimum absolute atomic E-state index is 0. The molecule has 17 heavy (non-hydrogen) atoms. The lowest BCUT2D eigenvalue weighted by atomic mass is 9.99. The van der Waals surface area contributed by atoms with Crippen LogP contribution in [0.5, 0.6) is 0 Å². The molecule has 1 unspecified atom stereocenters. The van der Waals surface area contributed by atoms with Crippen LogP contribution in [-0.4, -0.2) is 51.3 Å². The fourth-order valence-electron chi connectivity index (χ4n) is 2.37. The second-order valence-corrected chi connectivity index (χ2v) is 5.49. The summed E-state index contributed by atoms with van der Waals surface area (Å²) in [5, 5.41) is 3.47. The van der Waals surface area contributed by atoms with Gasteiger partial charge in [0.1, 0.15) is 0 Å². The summed E-state index contributed by atoms with van der Waals surface area (Å²) in [6, 6.07) is 0. The van der Waals surface area contributed by atoms with E-state index in [1.54, 1.807) is 0 Å². The monoisotopic (exact) mass is 262 g/mol. The van der Waals surface area contributed by atoms with E-state index in [2.05, 4.69) is 17.3 Å². The first-order chi connectivity index (χ1) is 7.84. The summed E-state index contributed by atoms with van der Waals surface area (Å²) in [5.41, 5.74) is 0. The Morgan fingerprint density at radius 1 is 1.24 bits per heavy atom. The first kappa shape index (κ1) is 15.2. The molecule has 1 saturated heterocycles. The Kier molecular flexibility index (Phi) is 7.44. The minimum atomic E-state index is 0. The van der Waals surface area contributed by atoms with Crippen molar-refractivity contribution < 1.29 is 4.74 Å². The first-order valence-corrected chi connectivity index (χ1v) is 6.81. The molecule has 0 aromatic carbocycles. The van der Waals surface area contributed by atoms with Crippen LogP contribution in [0.2, 0.25) is 0 Å². The molecule has 1 heterocycles. The minimum Gasteiger partial charge on any atom is -0.380 e. The normalized spacial score (nSPS) is 24.7. The molecule has 102 valence electrons. The second kappa shape index (κ2) is 8.30.